The van der Waals surface area contributed by atoms with Crippen LogP contribution in [0.3, 0.4) is 0 Å². The maximum absolute atomic E-state index is 11.7. The highest BCUT2D eigenvalue weighted by atomic mass is 32.1. The van der Waals surface area contributed by atoms with E-state index < -0.39 is 0 Å². The van der Waals surface area contributed by atoms with E-state index in [2.05, 4.69) is 5.32 Å². The lowest BCUT2D eigenvalue weighted by Crippen LogP contribution is -2.27. The summed E-state index contributed by atoms with van der Waals surface area (Å²) >= 11 is 1.56. The van der Waals surface area contributed by atoms with Gasteiger partial charge in [-0.15, -0.1) is 11.3 Å². The first kappa shape index (κ1) is 11.2. The molecule has 0 aromatic carbocycles. The molecule has 0 aliphatic heterocycles. The van der Waals surface area contributed by atoms with Gasteiger partial charge in [0.25, 0.3) is 0 Å². The Bertz CT molecular complexity index is 325. The molecule has 0 atom stereocenters. The van der Waals surface area contributed by atoms with Crippen molar-refractivity contribution >= 4 is 22.9 Å². The van der Waals surface area contributed by atoms with E-state index >= 15 is 0 Å². The van der Waals surface area contributed by atoms with Gasteiger partial charge in [0.2, 0.25) is 5.91 Å². The van der Waals surface area contributed by atoms with Gasteiger partial charge in [0.1, 0.15) is 0 Å². The van der Waals surface area contributed by atoms with Crippen LogP contribution in [0.25, 0.3) is 0 Å². The molecule has 3 nitrogen and oxygen atoms in total. The first-order chi connectivity index (χ1) is 6.45. The minimum absolute atomic E-state index is 0.0191. The van der Waals surface area contributed by atoms with Crippen LogP contribution in [-0.2, 0) is 11.3 Å². The summed E-state index contributed by atoms with van der Waals surface area (Å²) in [5, 5.41) is 4.80. The van der Waals surface area contributed by atoms with Crippen LogP contribution >= 0.6 is 11.3 Å². The zero-order chi connectivity index (χ0) is 10.8. The summed E-state index contributed by atoms with van der Waals surface area (Å²) in [5.74, 6) is 0.0191. The zero-order valence-corrected chi connectivity index (χ0v) is 9.57. The lowest BCUT2D eigenvalue weighted by molar-refractivity contribution is -0.123. The number of amides is 1. The summed E-state index contributed by atoms with van der Waals surface area (Å²) in [6.45, 7) is 6.13. The van der Waals surface area contributed by atoms with E-state index in [4.69, 9.17) is 5.73 Å². The maximum Gasteiger partial charge on any atom is 0.229 e. The Labute approximate surface area is 88.3 Å². The average molecular weight is 212 g/mol. The molecule has 1 aromatic rings. The molecule has 0 aliphatic carbocycles. The third-order valence-electron chi connectivity index (χ3n) is 1.86. The molecule has 0 unspecified atom stereocenters. The van der Waals surface area contributed by atoms with Crippen LogP contribution in [0.1, 0.15) is 25.6 Å². The summed E-state index contributed by atoms with van der Waals surface area (Å²) in [4.78, 5) is 12.7. The minimum Gasteiger partial charge on any atom is -0.326 e. The molecule has 1 amide bonds. The van der Waals surface area contributed by atoms with Gasteiger partial charge in [-0.3, -0.25) is 4.79 Å². The highest BCUT2D eigenvalue weighted by Crippen LogP contribution is 2.24. The van der Waals surface area contributed by atoms with E-state index in [0.717, 1.165) is 10.6 Å². The molecular weight excluding hydrogens is 196 g/mol. The molecule has 0 fully saturated rings. The van der Waals surface area contributed by atoms with Crippen molar-refractivity contribution in [2.24, 2.45) is 11.1 Å². The van der Waals surface area contributed by atoms with Crippen LogP contribution in [0, 0.1) is 5.41 Å². The van der Waals surface area contributed by atoms with Crippen molar-refractivity contribution in [3.05, 3.63) is 16.3 Å². The minimum atomic E-state index is -0.367. The van der Waals surface area contributed by atoms with Gasteiger partial charge in [0, 0.05) is 16.8 Å². The molecular formula is C10H16N2OS. The van der Waals surface area contributed by atoms with Crippen LogP contribution in [-0.4, -0.2) is 5.91 Å². The standard InChI is InChI=1S/C10H16N2OS/c1-10(2,3)9(13)12-7-4-5-14-8(7)6-11/h4-5H,6,11H2,1-3H3,(H,12,13). The Morgan fingerprint density at radius 2 is 2.21 bits per heavy atom. The molecule has 1 aromatic heterocycles. The Morgan fingerprint density at radius 3 is 2.71 bits per heavy atom. The van der Waals surface area contributed by atoms with Gasteiger partial charge < -0.3 is 11.1 Å². The Hall–Kier alpha value is -0.870. The van der Waals surface area contributed by atoms with E-state index in [0.29, 0.717) is 6.54 Å². The molecule has 4 heteroatoms. The molecule has 0 spiro atoms. The van der Waals surface area contributed by atoms with Crippen LogP contribution in [0.15, 0.2) is 11.4 Å². The van der Waals surface area contributed by atoms with Crippen molar-refractivity contribution in [3.63, 3.8) is 0 Å². The second-order valence-corrected chi connectivity index (χ2v) is 5.17. The SMILES string of the molecule is CC(C)(C)C(=O)Nc1ccsc1CN. The smallest absolute Gasteiger partial charge is 0.229 e. The van der Waals surface area contributed by atoms with Gasteiger partial charge in [-0.05, 0) is 11.4 Å². The third-order valence-corrected chi connectivity index (χ3v) is 2.80. The number of nitrogens with two attached hydrogens (primary N) is 1. The molecule has 14 heavy (non-hydrogen) atoms. The van der Waals surface area contributed by atoms with E-state index in [1.54, 1.807) is 11.3 Å². The molecule has 0 saturated heterocycles. The molecule has 0 aliphatic rings. The highest BCUT2D eigenvalue weighted by molar-refractivity contribution is 7.10. The van der Waals surface area contributed by atoms with Crippen LogP contribution in [0.2, 0.25) is 0 Å². The number of rotatable bonds is 2. The molecule has 78 valence electrons. The lowest BCUT2D eigenvalue weighted by Gasteiger charge is -2.17. The van der Waals surface area contributed by atoms with Gasteiger partial charge in [-0.1, -0.05) is 20.8 Å². The fraction of sp³-hybridized carbons (Fsp3) is 0.500. The Balaban J connectivity index is 2.74. The molecule has 1 heterocycles. The van der Waals surface area contributed by atoms with Crippen molar-refractivity contribution in [1.82, 2.24) is 0 Å². The van der Waals surface area contributed by atoms with Gasteiger partial charge in [-0.2, -0.15) is 0 Å². The van der Waals surface area contributed by atoms with Crippen LogP contribution < -0.4 is 11.1 Å². The van der Waals surface area contributed by atoms with E-state index in [-0.39, 0.29) is 11.3 Å². The number of carbonyl (C=O) groups is 1. The molecule has 1 rings (SSSR count). The zero-order valence-electron chi connectivity index (χ0n) is 8.76. The van der Waals surface area contributed by atoms with Gasteiger partial charge in [-0.25, -0.2) is 0 Å². The Kier molecular flexibility index (Phi) is 3.29. The first-order valence-electron chi connectivity index (χ1n) is 4.53. The van der Waals surface area contributed by atoms with Gasteiger partial charge in [0.05, 0.1) is 5.69 Å². The second kappa shape index (κ2) is 4.11. The van der Waals surface area contributed by atoms with E-state index in [1.165, 1.54) is 0 Å². The maximum atomic E-state index is 11.7. The van der Waals surface area contributed by atoms with Crippen molar-refractivity contribution in [1.29, 1.82) is 0 Å². The fourth-order valence-corrected chi connectivity index (χ4v) is 1.63. The third kappa shape index (κ3) is 2.56. The average Bonchev–Trinajstić information content (AvgIpc) is 2.50. The molecule has 3 N–H and O–H groups in total. The summed E-state index contributed by atoms with van der Waals surface area (Å²) in [7, 11) is 0. The van der Waals surface area contributed by atoms with Crippen LogP contribution in [0.5, 0.6) is 0 Å². The molecule has 0 bridgehead atoms. The summed E-state index contributed by atoms with van der Waals surface area (Å²) in [6.07, 6.45) is 0. The van der Waals surface area contributed by atoms with Crippen molar-refractivity contribution < 1.29 is 4.79 Å². The van der Waals surface area contributed by atoms with Gasteiger partial charge in [0.15, 0.2) is 0 Å². The summed E-state index contributed by atoms with van der Waals surface area (Å²) in [6, 6.07) is 1.89. The normalized spacial score (nSPS) is 11.4. The largest absolute Gasteiger partial charge is 0.326 e. The number of carbonyl (C=O) groups excluding carboxylic acids is 1. The molecule has 0 radical (unpaired) electrons. The van der Waals surface area contributed by atoms with Crippen LogP contribution in [0.4, 0.5) is 5.69 Å². The number of hydrogen-bond donors (Lipinski definition) is 2. The topological polar surface area (TPSA) is 55.1 Å². The van der Waals surface area contributed by atoms with Crippen molar-refractivity contribution in [2.45, 2.75) is 27.3 Å². The van der Waals surface area contributed by atoms with E-state index in [9.17, 15) is 4.79 Å². The quantitative estimate of drug-likeness (QED) is 0.789. The molecule has 0 saturated carbocycles. The number of nitrogens with one attached hydrogen (secondary N) is 1. The summed E-state index contributed by atoms with van der Waals surface area (Å²) < 4.78 is 0. The number of anilines is 1. The van der Waals surface area contributed by atoms with Crippen molar-refractivity contribution in [3.8, 4) is 0 Å². The predicted octanol–water partition coefficient (Wildman–Crippen LogP) is 2.19. The number of thiophene rings is 1. The lowest BCUT2D eigenvalue weighted by atomic mass is 9.95. The van der Waals surface area contributed by atoms with Gasteiger partial charge >= 0.3 is 0 Å². The predicted molar refractivity (Wildman–Crippen MR) is 60.3 cm³/mol. The first-order valence-corrected chi connectivity index (χ1v) is 5.41. The van der Waals surface area contributed by atoms with Crippen molar-refractivity contribution in [2.75, 3.05) is 5.32 Å². The fourth-order valence-electron chi connectivity index (χ4n) is 0.920. The Morgan fingerprint density at radius 1 is 1.57 bits per heavy atom. The number of hydrogen-bond acceptors (Lipinski definition) is 3. The van der Waals surface area contributed by atoms with E-state index in [1.807, 2.05) is 32.2 Å². The second-order valence-electron chi connectivity index (χ2n) is 4.17. The monoisotopic (exact) mass is 212 g/mol. The highest BCUT2D eigenvalue weighted by Gasteiger charge is 2.21. The summed E-state index contributed by atoms with van der Waals surface area (Å²) in [5.41, 5.74) is 6.02.